The van der Waals surface area contributed by atoms with Gasteiger partial charge in [0.25, 0.3) is 0 Å². The second-order valence-corrected chi connectivity index (χ2v) is 13.0. The lowest BCUT2D eigenvalue weighted by atomic mass is 9.85. The first-order chi connectivity index (χ1) is 9.21. The van der Waals surface area contributed by atoms with E-state index in [0.717, 1.165) is 19.1 Å². The molecule has 0 radical (unpaired) electrons. The Morgan fingerprint density at radius 1 is 1.30 bits per heavy atom. The maximum Gasteiger partial charge on any atom is 0.191 e. The van der Waals surface area contributed by atoms with Gasteiger partial charge in [-0.25, -0.2) is 0 Å². The zero-order valence-electron chi connectivity index (χ0n) is 14.3. The molecule has 0 aliphatic carbocycles. The third-order valence-corrected chi connectivity index (χ3v) is 10.3. The second-order valence-electron chi connectivity index (χ2n) is 8.21. The normalized spacial score (nSPS) is 28.4. The number of nitrogens with zero attached hydrogens (tertiary/aromatic N) is 1. The maximum atomic E-state index is 6.33. The third-order valence-electron chi connectivity index (χ3n) is 5.75. The van der Waals surface area contributed by atoms with Crippen molar-refractivity contribution >= 4 is 8.32 Å². The minimum Gasteiger partial charge on any atom is -0.417 e. The molecular weight excluding hydrogens is 262 g/mol. The fourth-order valence-corrected chi connectivity index (χ4v) is 4.21. The first-order valence-corrected chi connectivity index (χ1v) is 11.2. The molecule has 1 saturated heterocycles. The van der Waals surface area contributed by atoms with Gasteiger partial charge in [0.2, 0.25) is 0 Å². The van der Waals surface area contributed by atoms with Gasteiger partial charge in [0.1, 0.15) is 0 Å². The van der Waals surface area contributed by atoms with E-state index in [-0.39, 0.29) is 0 Å². The molecule has 0 aromatic heterocycles. The average molecular weight is 296 g/mol. The molecule has 2 aliphatic rings. The van der Waals surface area contributed by atoms with Gasteiger partial charge in [-0.05, 0) is 50.9 Å². The molecule has 20 heavy (non-hydrogen) atoms. The third kappa shape index (κ3) is 3.55. The summed E-state index contributed by atoms with van der Waals surface area (Å²) in [7, 11) is 0.731. The standard InChI is InChI=1S/C17H33NOSi/c1-17(2,3)20(5,6)19-11-10-14-12-15-8-7-9-16(13-14)18(15)4/h12,15-16H,7-11,13H2,1-6H3. The van der Waals surface area contributed by atoms with Crippen LogP contribution >= 0.6 is 0 Å². The molecule has 2 aliphatic heterocycles. The highest BCUT2D eigenvalue weighted by Gasteiger charge is 2.37. The Labute approximate surface area is 126 Å². The van der Waals surface area contributed by atoms with Crippen LogP contribution in [0.4, 0.5) is 0 Å². The Morgan fingerprint density at radius 2 is 2.00 bits per heavy atom. The summed E-state index contributed by atoms with van der Waals surface area (Å²) >= 11 is 0. The highest BCUT2D eigenvalue weighted by atomic mass is 28.4. The van der Waals surface area contributed by atoms with Crippen LogP contribution in [0.5, 0.6) is 0 Å². The van der Waals surface area contributed by atoms with Crippen LogP contribution in [0.15, 0.2) is 11.6 Å². The summed E-state index contributed by atoms with van der Waals surface area (Å²) in [5, 5.41) is 0.324. The first-order valence-electron chi connectivity index (χ1n) is 8.26. The highest BCUT2D eigenvalue weighted by Crippen LogP contribution is 2.37. The van der Waals surface area contributed by atoms with Gasteiger partial charge >= 0.3 is 0 Å². The predicted octanol–water partition coefficient (Wildman–Crippen LogP) is 4.58. The smallest absolute Gasteiger partial charge is 0.191 e. The summed E-state index contributed by atoms with van der Waals surface area (Å²) in [5.41, 5.74) is 1.65. The zero-order chi connectivity index (χ0) is 15.0. The lowest BCUT2D eigenvalue weighted by molar-refractivity contribution is 0.127. The van der Waals surface area contributed by atoms with E-state index in [0.29, 0.717) is 11.1 Å². The SMILES string of the molecule is CN1C2C=C(CCO[Si](C)(C)C(C)(C)C)CC1CCC2. The van der Waals surface area contributed by atoms with E-state index in [1.54, 1.807) is 5.57 Å². The van der Waals surface area contributed by atoms with Crippen molar-refractivity contribution in [2.45, 2.75) is 83.1 Å². The van der Waals surface area contributed by atoms with Crippen molar-refractivity contribution in [3.8, 4) is 0 Å². The van der Waals surface area contributed by atoms with Crippen molar-refractivity contribution in [1.82, 2.24) is 4.90 Å². The number of likely N-dealkylation sites (N-methyl/N-ethyl adjacent to an activating group) is 1. The molecule has 1 fully saturated rings. The van der Waals surface area contributed by atoms with E-state index in [1.165, 1.54) is 25.7 Å². The van der Waals surface area contributed by atoms with Crippen molar-refractivity contribution in [2.75, 3.05) is 13.7 Å². The highest BCUT2D eigenvalue weighted by molar-refractivity contribution is 6.74. The van der Waals surface area contributed by atoms with Crippen LogP contribution in [0.3, 0.4) is 0 Å². The summed E-state index contributed by atoms with van der Waals surface area (Å²) in [6.07, 6.45) is 9.09. The molecule has 0 aromatic rings. The monoisotopic (exact) mass is 295 g/mol. The summed E-state index contributed by atoms with van der Waals surface area (Å²) in [5.74, 6) is 0. The molecule has 2 rings (SSSR count). The number of hydrogen-bond acceptors (Lipinski definition) is 2. The molecule has 3 heteroatoms. The molecular formula is C17H33NOSi. The molecule has 0 N–H and O–H groups in total. The Hall–Kier alpha value is -0.123. The lowest BCUT2D eigenvalue weighted by Crippen LogP contribution is -2.46. The van der Waals surface area contributed by atoms with Crippen LogP contribution in [0, 0.1) is 0 Å². The van der Waals surface area contributed by atoms with E-state index in [4.69, 9.17) is 4.43 Å². The first kappa shape index (κ1) is 16.3. The van der Waals surface area contributed by atoms with E-state index in [1.807, 2.05) is 0 Å². The van der Waals surface area contributed by atoms with Crippen LogP contribution in [0.25, 0.3) is 0 Å². The van der Waals surface area contributed by atoms with Gasteiger partial charge in [0.15, 0.2) is 8.32 Å². The van der Waals surface area contributed by atoms with Gasteiger partial charge in [0, 0.05) is 18.7 Å². The van der Waals surface area contributed by atoms with E-state index in [2.05, 4.69) is 51.9 Å². The van der Waals surface area contributed by atoms with Crippen LogP contribution in [-0.4, -0.2) is 39.0 Å². The van der Waals surface area contributed by atoms with Gasteiger partial charge in [-0.2, -0.15) is 0 Å². The molecule has 2 bridgehead atoms. The van der Waals surface area contributed by atoms with Gasteiger partial charge < -0.3 is 4.43 Å². The molecule has 0 spiro atoms. The van der Waals surface area contributed by atoms with Crippen molar-refractivity contribution < 1.29 is 4.43 Å². The van der Waals surface area contributed by atoms with E-state index >= 15 is 0 Å². The minimum absolute atomic E-state index is 0.324. The topological polar surface area (TPSA) is 12.5 Å². The van der Waals surface area contributed by atoms with Crippen LogP contribution < -0.4 is 0 Å². The number of fused-ring (bicyclic) bond motifs is 2. The number of rotatable bonds is 4. The number of hydrogen-bond donors (Lipinski definition) is 0. The van der Waals surface area contributed by atoms with Gasteiger partial charge in [-0.3, -0.25) is 4.90 Å². The summed E-state index contributed by atoms with van der Waals surface area (Å²) in [6, 6.07) is 1.49. The Balaban J connectivity index is 1.86. The van der Waals surface area contributed by atoms with E-state index < -0.39 is 8.32 Å². The van der Waals surface area contributed by atoms with E-state index in [9.17, 15) is 0 Å². The molecule has 116 valence electrons. The van der Waals surface area contributed by atoms with Crippen molar-refractivity contribution in [1.29, 1.82) is 0 Å². The quantitative estimate of drug-likeness (QED) is 0.556. The van der Waals surface area contributed by atoms with Gasteiger partial charge in [0.05, 0.1) is 0 Å². The lowest BCUT2D eigenvalue weighted by Gasteiger charge is -2.43. The van der Waals surface area contributed by atoms with Crippen molar-refractivity contribution in [2.24, 2.45) is 0 Å². The summed E-state index contributed by atoms with van der Waals surface area (Å²) in [6.45, 7) is 12.6. The average Bonchev–Trinajstić information content (AvgIpc) is 2.28. The summed E-state index contributed by atoms with van der Waals surface area (Å²) in [4.78, 5) is 2.59. The van der Waals surface area contributed by atoms with Gasteiger partial charge in [-0.1, -0.05) is 38.8 Å². The minimum atomic E-state index is -1.57. The number of piperidine rings is 1. The fourth-order valence-electron chi connectivity index (χ4n) is 3.17. The molecule has 0 aromatic carbocycles. The molecule has 0 amide bonds. The molecule has 2 unspecified atom stereocenters. The largest absolute Gasteiger partial charge is 0.417 e. The predicted molar refractivity (Wildman–Crippen MR) is 89.7 cm³/mol. The van der Waals surface area contributed by atoms with Crippen LogP contribution in [0.1, 0.15) is 52.9 Å². The Bertz CT molecular complexity index is 370. The molecule has 2 atom stereocenters. The van der Waals surface area contributed by atoms with Crippen molar-refractivity contribution in [3.05, 3.63) is 11.6 Å². The van der Waals surface area contributed by atoms with Crippen LogP contribution in [-0.2, 0) is 4.43 Å². The molecule has 2 heterocycles. The summed E-state index contributed by atoms with van der Waals surface area (Å²) < 4.78 is 6.33. The fraction of sp³-hybridized carbons (Fsp3) is 0.882. The van der Waals surface area contributed by atoms with Crippen LogP contribution in [0.2, 0.25) is 18.1 Å². The Kier molecular flexibility index (Phi) is 4.82. The zero-order valence-corrected chi connectivity index (χ0v) is 15.3. The molecule has 2 nitrogen and oxygen atoms in total. The second kappa shape index (κ2) is 5.94. The Morgan fingerprint density at radius 3 is 2.60 bits per heavy atom. The van der Waals surface area contributed by atoms with Crippen molar-refractivity contribution in [3.63, 3.8) is 0 Å². The van der Waals surface area contributed by atoms with Gasteiger partial charge in [-0.15, -0.1) is 0 Å². The maximum absolute atomic E-state index is 6.33. The molecule has 0 saturated carbocycles.